The van der Waals surface area contributed by atoms with Gasteiger partial charge < -0.3 is 25.6 Å². The van der Waals surface area contributed by atoms with E-state index in [4.69, 9.17) is 15.2 Å². The number of hydrogen-bond donors (Lipinski definition) is 3. The fourth-order valence-corrected chi connectivity index (χ4v) is 4.23. The van der Waals surface area contributed by atoms with Gasteiger partial charge in [-0.3, -0.25) is 0 Å². The molecule has 0 aliphatic heterocycles. The number of amides is 1. The van der Waals surface area contributed by atoms with E-state index >= 15 is 0 Å². The maximum absolute atomic E-state index is 14.1. The number of pyridine rings is 1. The number of alkyl carbamates (subject to hydrolysis) is 1. The highest BCUT2D eigenvalue weighted by Gasteiger charge is 2.43. The summed E-state index contributed by atoms with van der Waals surface area (Å²) in [7, 11) is 0. The highest BCUT2D eigenvalue weighted by Crippen LogP contribution is 2.38. The SMILES string of the molecule is CC(C)(C)OC(=O)NC(Cc1ccc(-c2cc(O[C@@H](c3ccc(-c4ccnc(F)c4)cc3)C(F)(F)F)nc(N)n2)cc1)C(=O)O. The lowest BCUT2D eigenvalue weighted by molar-refractivity contribution is -0.198. The molecule has 14 heteroatoms. The average Bonchev–Trinajstić information content (AvgIpc) is 2.94. The number of carboxylic acid groups (broad SMARTS) is 1. The summed E-state index contributed by atoms with van der Waals surface area (Å²) in [5, 5.41) is 11.9. The van der Waals surface area contributed by atoms with Crippen LogP contribution in [-0.2, 0) is 16.0 Å². The fourth-order valence-electron chi connectivity index (χ4n) is 4.23. The molecule has 4 rings (SSSR count). The Kier molecular flexibility index (Phi) is 9.54. The van der Waals surface area contributed by atoms with Gasteiger partial charge in [-0.05, 0) is 43.5 Å². The maximum atomic E-state index is 14.1. The van der Waals surface area contributed by atoms with Gasteiger partial charge in [-0.25, -0.2) is 19.6 Å². The summed E-state index contributed by atoms with van der Waals surface area (Å²) in [6, 6.07) is 14.2. The standard InChI is InChI=1S/C31H29F4N5O5/c1-30(2,3)45-29(43)39-23(27(41)42)14-17-4-6-19(7-5-17)22-16-25(40-28(36)38-22)44-26(31(33,34)35)20-10-8-18(9-11-20)21-12-13-37-24(32)15-21/h4-13,15-16,23,26H,14H2,1-3H3,(H,39,43)(H,41,42)(H2,36,38,40)/t23?,26-/m0/s1. The van der Waals surface area contributed by atoms with Gasteiger partial charge in [0.1, 0.15) is 11.6 Å². The van der Waals surface area contributed by atoms with E-state index in [1.54, 1.807) is 45.0 Å². The van der Waals surface area contributed by atoms with E-state index in [0.29, 0.717) is 22.3 Å². The minimum atomic E-state index is -4.83. The van der Waals surface area contributed by atoms with E-state index in [9.17, 15) is 32.3 Å². The van der Waals surface area contributed by atoms with Crippen molar-refractivity contribution >= 4 is 18.0 Å². The van der Waals surface area contributed by atoms with Crippen molar-refractivity contribution in [2.75, 3.05) is 5.73 Å². The van der Waals surface area contributed by atoms with Crippen LogP contribution in [0.2, 0.25) is 0 Å². The smallest absolute Gasteiger partial charge is 0.429 e. The molecule has 0 bridgehead atoms. The van der Waals surface area contributed by atoms with Gasteiger partial charge in [-0.1, -0.05) is 48.5 Å². The third kappa shape index (κ3) is 9.11. The zero-order valence-electron chi connectivity index (χ0n) is 24.3. The van der Waals surface area contributed by atoms with Gasteiger partial charge in [-0.2, -0.15) is 22.5 Å². The molecule has 1 amide bonds. The van der Waals surface area contributed by atoms with Crippen molar-refractivity contribution in [1.29, 1.82) is 0 Å². The third-order valence-electron chi connectivity index (χ3n) is 6.21. The Morgan fingerprint density at radius 3 is 2.16 bits per heavy atom. The molecule has 2 heterocycles. The number of aliphatic carboxylic acids is 1. The molecule has 1 unspecified atom stereocenters. The highest BCUT2D eigenvalue weighted by atomic mass is 19.4. The molecule has 0 fully saturated rings. The van der Waals surface area contributed by atoms with Crippen LogP contribution in [0, 0.1) is 5.95 Å². The zero-order valence-corrected chi connectivity index (χ0v) is 24.3. The first-order valence-corrected chi connectivity index (χ1v) is 13.5. The number of carbonyl (C=O) groups excluding carboxylic acids is 1. The average molecular weight is 628 g/mol. The number of hydrogen-bond acceptors (Lipinski definition) is 8. The molecule has 2 aromatic heterocycles. The second-order valence-corrected chi connectivity index (χ2v) is 10.9. The number of ether oxygens (including phenoxy) is 2. The quantitative estimate of drug-likeness (QED) is 0.147. The molecule has 2 aromatic carbocycles. The molecular weight excluding hydrogens is 598 g/mol. The topological polar surface area (TPSA) is 150 Å². The second kappa shape index (κ2) is 13.2. The summed E-state index contributed by atoms with van der Waals surface area (Å²) in [5.74, 6) is -2.76. The molecular formula is C31H29F4N5O5. The first kappa shape index (κ1) is 32.6. The van der Waals surface area contributed by atoms with Crippen LogP contribution in [0.25, 0.3) is 22.4 Å². The lowest BCUT2D eigenvalue weighted by Gasteiger charge is -2.22. The number of nitrogens with one attached hydrogen (secondary N) is 1. The van der Waals surface area contributed by atoms with Gasteiger partial charge in [0, 0.05) is 35.9 Å². The Hall–Kier alpha value is -5.27. The number of halogens is 4. The van der Waals surface area contributed by atoms with Gasteiger partial charge >= 0.3 is 18.2 Å². The molecule has 0 radical (unpaired) electrons. The number of nitrogen functional groups attached to an aromatic ring is 1. The lowest BCUT2D eigenvalue weighted by Crippen LogP contribution is -2.44. The lowest BCUT2D eigenvalue weighted by atomic mass is 10.0. The first-order valence-electron chi connectivity index (χ1n) is 13.5. The monoisotopic (exact) mass is 627 g/mol. The normalized spacial score (nSPS) is 13.0. The van der Waals surface area contributed by atoms with Crippen LogP contribution >= 0.6 is 0 Å². The number of anilines is 1. The minimum absolute atomic E-state index is 0.0721. The van der Waals surface area contributed by atoms with E-state index in [1.165, 1.54) is 42.6 Å². The summed E-state index contributed by atoms with van der Waals surface area (Å²) in [6.45, 7) is 4.94. The zero-order chi connectivity index (χ0) is 32.9. The van der Waals surface area contributed by atoms with Gasteiger partial charge in [-0.15, -0.1) is 0 Å². The molecule has 0 aliphatic carbocycles. The van der Waals surface area contributed by atoms with Crippen LogP contribution in [0.15, 0.2) is 72.9 Å². The number of rotatable bonds is 9. The second-order valence-electron chi connectivity index (χ2n) is 10.9. The predicted octanol–water partition coefficient (Wildman–Crippen LogP) is 6.13. The largest absolute Gasteiger partial charge is 0.480 e. The van der Waals surface area contributed by atoms with Crippen LogP contribution in [0.1, 0.15) is 38.0 Å². The maximum Gasteiger partial charge on any atom is 0.429 e. The van der Waals surface area contributed by atoms with Crippen LogP contribution in [0.3, 0.4) is 0 Å². The summed E-state index contributed by atoms with van der Waals surface area (Å²) in [5.41, 5.74) is 6.80. The molecule has 2 atom stereocenters. The Morgan fingerprint density at radius 1 is 0.933 bits per heavy atom. The van der Waals surface area contributed by atoms with Crippen molar-refractivity contribution in [3.8, 4) is 28.3 Å². The molecule has 45 heavy (non-hydrogen) atoms. The molecule has 10 nitrogen and oxygen atoms in total. The Balaban J connectivity index is 1.52. The van der Waals surface area contributed by atoms with Gasteiger partial charge in [0.15, 0.2) is 0 Å². The summed E-state index contributed by atoms with van der Waals surface area (Å²) in [6.07, 6.45) is -6.94. The number of aromatic nitrogens is 3. The number of benzene rings is 2. The highest BCUT2D eigenvalue weighted by molar-refractivity contribution is 5.80. The Bertz CT molecular complexity index is 1660. The molecule has 0 saturated heterocycles. The predicted molar refractivity (Wildman–Crippen MR) is 155 cm³/mol. The van der Waals surface area contributed by atoms with Crippen molar-refractivity contribution in [3.63, 3.8) is 0 Å². The number of alkyl halides is 3. The van der Waals surface area contributed by atoms with Gasteiger partial charge in [0.05, 0.1) is 5.69 Å². The van der Waals surface area contributed by atoms with Crippen molar-refractivity contribution in [1.82, 2.24) is 20.3 Å². The molecule has 0 aliphatic rings. The molecule has 4 N–H and O–H groups in total. The number of carboxylic acids is 1. The van der Waals surface area contributed by atoms with Crippen LogP contribution < -0.4 is 15.8 Å². The van der Waals surface area contributed by atoms with Crippen molar-refractivity contribution in [2.24, 2.45) is 0 Å². The van der Waals surface area contributed by atoms with Crippen LogP contribution in [0.5, 0.6) is 5.88 Å². The molecule has 236 valence electrons. The van der Waals surface area contributed by atoms with Crippen molar-refractivity contribution in [2.45, 2.75) is 51.1 Å². The van der Waals surface area contributed by atoms with Crippen LogP contribution in [0.4, 0.5) is 28.3 Å². The minimum Gasteiger partial charge on any atom is -0.480 e. The van der Waals surface area contributed by atoms with E-state index < -0.39 is 47.8 Å². The first-order chi connectivity index (χ1) is 21.1. The molecule has 0 saturated carbocycles. The van der Waals surface area contributed by atoms with E-state index in [-0.39, 0.29) is 23.6 Å². The van der Waals surface area contributed by atoms with Crippen LogP contribution in [-0.4, -0.2) is 49.9 Å². The Labute approximate surface area is 255 Å². The summed E-state index contributed by atoms with van der Waals surface area (Å²) in [4.78, 5) is 35.2. The molecule has 4 aromatic rings. The van der Waals surface area contributed by atoms with Crippen molar-refractivity contribution < 1.29 is 41.7 Å². The van der Waals surface area contributed by atoms with Gasteiger partial charge in [0.25, 0.3) is 0 Å². The van der Waals surface area contributed by atoms with Gasteiger partial charge in [0.2, 0.25) is 23.9 Å². The Morgan fingerprint density at radius 2 is 1.58 bits per heavy atom. The van der Waals surface area contributed by atoms with Crippen molar-refractivity contribution in [3.05, 3.63) is 90.0 Å². The number of nitrogens with zero attached hydrogens (tertiary/aromatic N) is 3. The van der Waals surface area contributed by atoms with E-state index in [0.717, 1.165) is 6.07 Å². The van der Waals surface area contributed by atoms with E-state index in [2.05, 4.69) is 20.3 Å². The summed E-state index contributed by atoms with van der Waals surface area (Å²) < 4.78 is 66.3. The summed E-state index contributed by atoms with van der Waals surface area (Å²) >= 11 is 0. The van der Waals surface area contributed by atoms with E-state index in [1.807, 2.05) is 0 Å². The third-order valence-corrected chi connectivity index (χ3v) is 6.21. The number of carbonyl (C=O) groups is 2. The number of nitrogens with two attached hydrogens (primary N) is 1. The molecule has 0 spiro atoms. The fraction of sp³-hybridized carbons (Fsp3) is 0.258.